The second kappa shape index (κ2) is 6.53. The summed E-state index contributed by atoms with van der Waals surface area (Å²) in [4.78, 5) is 0. The molecule has 0 spiro atoms. The van der Waals surface area contributed by atoms with Crippen LogP contribution in [-0.2, 0) is 6.54 Å². The van der Waals surface area contributed by atoms with Crippen LogP contribution >= 0.6 is 0 Å². The van der Waals surface area contributed by atoms with E-state index in [-0.39, 0.29) is 11.9 Å². The zero-order chi connectivity index (χ0) is 14.5. The van der Waals surface area contributed by atoms with E-state index in [1.165, 1.54) is 6.07 Å². The van der Waals surface area contributed by atoms with Crippen molar-refractivity contribution in [2.45, 2.75) is 26.4 Å². The zero-order valence-corrected chi connectivity index (χ0v) is 12.1. The van der Waals surface area contributed by atoms with Crippen LogP contribution < -0.4 is 10.1 Å². The molecule has 0 heterocycles. The van der Waals surface area contributed by atoms with Gasteiger partial charge in [-0.25, -0.2) is 4.39 Å². The monoisotopic (exact) mass is 273 g/mol. The third-order valence-electron chi connectivity index (χ3n) is 3.50. The predicted molar refractivity (Wildman–Crippen MR) is 79.4 cm³/mol. The summed E-state index contributed by atoms with van der Waals surface area (Å²) >= 11 is 0. The molecule has 0 radical (unpaired) electrons. The fourth-order valence-electron chi connectivity index (χ4n) is 2.12. The van der Waals surface area contributed by atoms with Gasteiger partial charge in [0.25, 0.3) is 0 Å². The first-order chi connectivity index (χ1) is 9.60. The van der Waals surface area contributed by atoms with Crippen LogP contribution in [0.15, 0.2) is 42.5 Å². The predicted octanol–water partition coefficient (Wildman–Crippen LogP) is 3.99. The molecule has 1 atom stereocenters. The normalized spacial score (nSPS) is 12.2. The molecule has 0 aliphatic carbocycles. The van der Waals surface area contributed by atoms with Crippen LogP contribution in [-0.4, -0.2) is 7.11 Å². The Kier molecular flexibility index (Phi) is 4.74. The topological polar surface area (TPSA) is 21.3 Å². The fourth-order valence-corrected chi connectivity index (χ4v) is 2.12. The minimum atomic E-state index is -0.193. The lowest BCUT2D eigenvalue weighted by Gasteiger charge is -2.16. The first-order valence-corrected chi connectivity index (χ1v) is 6.72. The van der Waals surface area contributed by atoms with Crippen LogP contribution in [0.25, 0.3) is 0 Å². The van der Waals surface area contributed by atoms with Gasteiger partial charge in [-0.2, -0.15) is 0 Å². The highest BCUT2D eigenvalue weighted by atomic mass is 19.1. The van der Waals surface area contributed by atoms with Crippen molar-refractivity contribution < 1.29 is 9.13 Å². The average Bonchev–Trinajstić information content (AvgIpc) is 2.48. The first-order valence-electron chi connectivity index (χ1n) is 6.72. The Hall–Kier alpha value is -1.87. The highest BCUT2D eigenvalue weighted by Gasteiger charge is 2.07. The number of rotatable bonds is 5. The molecule has 0 aliphatic heterocycles. The Morgan fingerprint density at radius 2 is 2.00 bits per heavy atom. The molecule has 2 aromatic rings. The summed E-state index contributed by atoms with van der Waals surface area (Å²) in [5, 5.41) is 3.41. The molecule has 0 saturated heterocycles. The lowest BCUT2D eigenvalue weighted by Crippen LogP contribution is -2.18. The summed E-state index contributed by atoms with van der Waals surface area (Å²) < 4.78 is 18.5. The van der Waals surface area contributed by atoms with Crippen LogP contribution in [0.1, 0.15) is 29.7 Å². The molecule has 0 amide bonds. The van der Waals surface area contributed by atoms with Gasteiger partial charge in [-0.05, 0) is 54.8 Å². The molecule has 20 heavy (non-hydrogen) atoms. The first kappa shape index (κ1) is 14.5. The highest BCUT2D eigenvalue weighted by Crippen LogP contribution is 2.19. The Bertz CT molecular complexity index is 583. The molecule has 3 heteroatoms. The molecule has 2 aromatic carbocycles. The lowest BCUT2D eigenvalue weighted by molar-refractivity contribution is 0.413. The quantitative estimate of drug-likeness (QED) is 0.889. The number of ether oxygens (including phenoxy) is 1. The van der Waals surface area contributed by atoms with Crippen molar-refractivity contribution >= 4 is 0 Å². The van der Waals surface area contributed by atoms with Crippen LogP contribution in [0.3, 0.4) is 0 Å². The molecule has 0 fully saturated rings. The number of methoxy groups -OCH3 is 1. The Morgan fingerprint density at radius 1 is 1.20 bits per heavy atom. The van der Waals surface area contributed by atoms with Crippen molar-refractivity contribution in [2.75, 3.05) is 7.11 Å². The van der Waals surface area contributed by atoms with Crippen molar-refractivity contribution in [3.05, 3.63) is 65.0 Å². The molecule has 1 N–H and O–H groups in total. The average molecular weight is 273 g/mol. The van der Waals surface area contributed by atoms with Crippen LogP contribution in [0.2, 0.25) is 0 Å². The van der Waals surface area contributed by atoms with Gasteiger partial charge in [0.05, 0.1) is 7.11 Å². The minimum Gasteiger partial charge on any atom is -0.497 e. The largest absolute Gasteiger partial charge is 0.497 e. The maximum absolute atomic E-state index is 13.2. The third kappa shape index (κ3) is 3.58. The highest BCUT2D eigenvalue weighted by molar-refractivity contribution is 5.31. The summed E-state index contributed by atoms with van der Waals surface area (Å²) in [7, 11) is 1.66. The van der Waals surface area contributed by atoms with E-state index in [4.69, 9.17) is 4.74 Å². The minimum absolute atomic E-state index is 0.174. The summed E-state index contributed by atoms with van der Waals surface area (Å²) in [6.07, 6.45) is 0. The summed E-state index contributed by atoms with van der Waals surface area (Å²) in [5.41, 5.74) is 3.23. The molecular weight excluding hydrogens is 253 g/mol. The smallest absolute Gasteiger partial charge is 0.123 e. The van der Waals surface area contributed by atoms with E-state index < -0.39 is 0 Å². The van der Waals surface area contributed by atoms with Gasteiger partial charge in [-0.3, -0.25) is 0 Å². The molecule has 0 bridgehead atoms. The lowest BCUT2D eigenvalue weighted by atomic mass is 10.1. The van der Waals surface area contributed by atoms with E-state index in [1.54, 1.807) is 13.2 Å². The second-order valence-electron chi connectivity index (χ2n) is 4.95. The zero-order valence-electron chi connectivity index (χ0n) is 12.1. The molecule has 0 aromatic heterocycles. The van der Waals surface area contributed by atoms with Crippen molar-refractivity contribution in [3.63, 3.8) is 0 Å². The van der Waals surface area contributed by atoms with Crippen LogP contribution in [0.5, 0.6) is 5.75 Å². The van der Waals surface area contributed by atoms with E-state index in [0.717, 1.165) is 22.4 Å². The Labute approximate surface area is 119 Å². The SMILES string of the molecule is COc1cccc(C(C)NCc2cc(F)ccc2C)c1. The van der Waals surface area contributed by atoms with Crippen molar-refractivity contribution in [3.8, 4) is 5.75 Å². The second-order valence-corrected chi connectivity index (χ2v) is 4.95. The number of halogens is 1. The van der Waals surface area contributed by atoms with Crippen LogP contribution in [0, 0.1) is 12.7 Å². The number of nitrogens with one attached hydrogen (secondary N) is 1. The van der Waals surface area contributed by atoms with E-state index in [2.05, 4.69) is 18.3 Å². The standard InChI is InChI=1S/C17H20FNO/c1-12-7-8-16(18)9-15(12)11-19-13(2)14-5-4-6-17(10-14)20-3/h4-10,13,19H,11H2,1-3H3. The Morgan fingerprint density at radius 3 is 2.75 bits per heavy atom. The summed E-state index contributed by atoms with van der Waals surface area (Å²) in [6.45, 7) is 4.72. The van der Waals surface area contributed by atoms with Gasteiger partial charge in [0.1, 0.15) is 11.6 Å². The van der Waals surface area contributed by atoms with Gasteiger partial charge in [0.2, 0.25) is 0 Å². The van der Waals surface area contributed by atoms with Gasteiger partial charge in [-0.15, -0.1) is 0 Å². The van der Waals surface area contributed by atoms with Gasteiger partial charge >= 0.3 is 0 Å². The fraction of sp³-hybridized carbons (Fsp3) is 0.294. The maximum Gasteiger partial charge on any atom is 0.123 e. The Balaban J connectivity index is 2.04. The van der Waals surface area contributed by atoms with Crippen molar-refractivity contribution in [2.24, 2.45) is 0 Å². The molecular formula is C17H20FNO. The molecule has 2 rings (SSSR count). The summed E-state index contributed by atoms with van der Waals surface area (Å²) in [6, 6.07) is 13.0. The molecule has 0 saturated carbocycles. The number of benzene rings is 2. The van der Waals surface area contributed by atoms with E-state index in [1.807, 2.05) is 31.2 Å². The molecule has 0 aliphatic rings. The number of hydrogen-bond acceptors (Lipinski definition) is 2. The van der Waals surface area contributed by atoms with Crippen molar-refractivity contribution in [1.29, 1.82) is 0 Å². The number of hydrogen-bond donors (Lipinski definition) is 1. The van der Waals surface area contributed by atoms with E-state index >= 15 is 0 Å². The number of aryl methyl sites for hydroxylation is 1. The molecule has 2 nitrogen and oxygen atoms in total. The maximum atomic E-state index is 13.2. The van der Waals surface area contributed by atoms with Gasteiger partial charge in [0, 0.05) is 12.6 Å². The van der Waals surface area contributed by atoms with Gasteiger partial charge in [0.15, 0.2) is 0 Å². The molecule has 1 unspecified atom stereocenters. The van der Waals surface area contributed by atoms with Crippen LogP contribution in [0.4, 0.5) is 4.39 Å². The summed E-state index contributed by atoms with van der Waals surface area (Å²) in [5.74, 6) is 0.652. The third-order valence-corrected chi connectivity index (χ3v) is 3.50. The van der Waals surface area contributed by atoms with Gasteiger partial charge in [-0.1, -0.05) is 18.2 Å². The van der Waals surface area contributed by atoms with Gasteiger partial charge < -0.3 is 10.1 Å². The van der Waals surface area contributed by atoms with Crippen molar-refractivity contribution in [1.82, 2.24) is 5.32 Å². The molecule has 106 valence electrons. The van der Waals surface area contributed by atoms with E-state index in [9.17, 15) is 4.39 Å². The van der Waals surface area contributed by atoms with E-state index in [0.29, 0.717) is 6.54 Å².